The lowest BCUT2D eigenvalue weighted by Crippen LogP contribution is -2.48. The van der Waals surface area contributed by atoms with Crippen molar-refractivity contribution in [1.29, 1.82) is 0 Å². The molecule has 0 spiro atoms. The molecule has 166 valence electrons. The Kier molecular flexibility index (Phi) is 7.59. The fourth-order valence-corrected chi connectivity index (χ4v) is 5.09. The minimum absolute atomic E-state index is 0.0528. The lowest BCUT2D eigenvalue weighted by atomic mass is 9.92. The molecule has 6 heteroatoms. The van der Waals surface area contributed by atoms with Crippen molar-refractivity contribution in [3.8, 4) is 0 Å². The van der Waals surface area contributed by atoms with E-state index in [1.54, 1.807) is 18.5 Å². The number of carbonyl (C=O) groups is 1. The number of rotatable bonds is 6. The Morgan fingerprint density at radius 2 is 1.77 bits per heavy atom. The first-order valence-corrected chi connectivity index (χ1v) is 11.8. The molecular weight excluding hydrogens is 408 g/mol. The quantitative estimate of drug-likeness (QED) is 0.675. The number of hydrogen-bond donors (Lipinski definition) is 0. The van der Waals surface area contributed by atoms with Gasteiger partial charge in [0.15, 0.2) is 0 Å². The number of halogens is 1. The van der Waals surface area contributed by atoms with Gasteiger partial charge in [0.1, 0.15) is 0 Å². The number of benzene rings is 1. The van der Waals surface area contributed by atoms with Gasteiger partial charge in [-0.05, 0) is 101 Å². The summed E-state index contributed by atoms with van der Waals surface area (Å²) >= 11 is 6.16. The van der Waals surface area contributed by atoms with Crippen LogP contribution < -0.4 is 0 Å². The minimum atomic E-state index is 0.0528. The smallest absolute Gasteiger partial charge is 0.254 e. The summed E-state index contributed by atoms with van der Waals surface area (Å²) in [4.78, 5) is 24.6. The maximum Gasteiger partial charge on any atom is 0.254 e. The van der Waals surface area contributed by atoms with Crippen molar-refractivity contribution in [3.63, 3.8) is 0 Å². The van der Waals surface area contributed by atoms with Crippen LogP contribution in [0.1, 0.15) is 41.6 Å². The van der Waals surface area contributed by atoms with E-state index >= 15 is 0 Å². The highest BCUT2D eigenvalue weighted by molar-refractivity contribution is 6.30. The molecule has 0 N–H and O–H groups in total. The Morgan fingerprint density at radius 3 is 2.45 bits per heavy atom. The van der Waals surface area contributed by atoms with E-state index in [1.165, 1.54) is 25.9 Å². The van der Waals surface area contributed by atoms with Crippen molar-refractivity contribution < 1.29 is 4.79 Å². The normalized spacial score (nSPS) is 19.4. The van der Waals surface area contributed by atoms with Crippen molar-refractivity contribution in [1.82, 2.24) is 19.7 Å². The fraction of sp³-hybridized carbons (Fsp3) is 0.520. The second-order valence-corrected chi connectivity index (χ2v) is 9.50. The van der Waals surface area contributed by atoms with Gasteiger partial charge >= 0.3 is 0 Å². The van der Waals surface area contributed by atoms with Gasteiger partial charge < -0.3 is 14.7 Å². The van der Waals surface area contributed by atoms with Crippen LogP contribution in [0.15, 0.2) is 48.8 Å². The Balaban J connectivity index is 1.39. The molecule has 3 heterocycles. The summed E-state index contributed by atoms with van der Waals surface area (Å²) in [6, 6.07) is 12.0. The van der Waals surface area contributed by atoms with Crippen LogP contribution in [0.25, 0.3) is 0 Å². The summed E-state index contributed by atoms with van der Waals surface area (Å²) in [5.41, 5.74) is 1.76. The third-order valence-electron chi connectivity index (χ3n) is 6.81. The number of carbonyl (C=O) groups excluding carboxylic acids is 1. The molecule has 1 amide bonds. The second kappa shape index (κ2) is 10.6. The summed E-state index contributed by atoms with van der Waals surface area (Å²) in [6.07, 6.45) is 8.45. The number of likely N-dealkylation sites (tertiary alicyclic amines) is 2. The predicted octanol–water partition coefficient (Wildman–Crippen LogP) is 4.18. The van der Waals surface area contributed by atoms with Gasteiger partial charge in [0.2, 0.25) is 0 Å². The van der Waals surface area contributed by atoms with Crippen molar-refractivity contribution in [2.45, 2.75) is 38.3 Å². The Labute approximate surface area is 191 Å². The largest absolute Gasteiger partial charge is 0.334 e. The molecule has 1 aromatic carbocycles. The molecule has 2 aliphatic heterocycles. The average molecular weight is 441 g/mol. The summed E-state index contributed by atoms with van der Waals surface area (Å²) in [7, 11) is 2.22. The zero-order valence-corrected chi connectivity index (χ0v) is 19.2. The number of amides is 1. The molecule has 2 aromatic rings. The highest BCUT2D eigenvalue weighted by atomic mass is 35.5. The molecule has 31 heavy (non-hydrogen) atoms. The standard InChI is InChI=1S/C25H33ClN4O/c1-28-13-9-24(10-14-28)29-15-7-21(8-16-29)19-30(18-20-5-11-27-12-6-20)25(31)22-3-2-4-23(26)17-22/h2-6,11-12,17,21,24H,7-10,13-16,18-19H2,1H3. The number of hydrogen-bond acceptors (Lipinski definition) is 4. The molecule has 4 rings (SSSR count). The van der Waals surface area contributed by atoms with Crippen molar-refractivity contribution in [2.24, 2.45) is 5.92 Å². The Bertz CT molecular complexity index is 846. The van der Waals surface area contributed by atoms with Gasteiger partial charge in [-0.3, -0.25) is 9.78 Å². The van der Waals surface area contributed by atoms with Gasteiger partial charge in [-0.1, -0.05) is 17.7 Å². The first-order valence-electron chi connectivity index (χ1n) is 11.4. The third kappa shape index (κ3) is 6.06. The summed E-state index contributed by atoms with van der Waals surface area (Å²) < 4.78 is 0. The van der Waals surface area contributed by atoms with E-state index in [2.05, 4.69) is 21.8 Å². The van der Waals surface area contributed by atoms with E-state index in [1.807, 2.05) is 35.2 Å². The lowest BCUT2D eigenvalue weighted by molar-refractivity contribution is 0.0587. The van der Waals surface area contributed by atoms with Crippen LogP contribution in [0.2, 0.25) is 5.02 Å². The highest BCUT2D eigenvalue weighted by Gasteiger charge is 2.29. The molecule has 2 saturated heterocycles. The van der Waals surface area contributed by atoms with Crippen LogP contribution in [0.3, 0.4) is 0 Å². The Morgan fingerprint density at radius 1 is 1.06 bits per heavy atom. The fourth-order valence-electron chi connectivity index (χ4n) is 4.90. The molecule has 1 aromatic heterocycles. The molecule has 0 radical (unpaired) electrons. The maximum absolute atomic E-state index is 13.4. The maximum atomic E-state index is 13.4. The van der Waals surface area contributed by atoms with Crippen LogP contribution in [-0.2, 0) is 6.54 Å². The first-order chi connectivity index (χ1) is 15.1. The van der Waals surface area contributed by atoms with Gasteiger partial charge in [-0.15, -0.1) is 0 Å². The van der Waals surface area contributed by atoms with Crippen LogP contribution in [-0.4, -0.2) is 71.4 Å². The summed E-state index contributed by atoms with van der Waals surface area (Å²) in [6.45, 7) is 6.09. The van der Waals surface area contributed by atoms with Gasteiger partial charge in [0, 0.05) is 42.1 Å². The molecule has 0 bridgehead atoms. The zero-order chi connectivity index (χ0) is 21.6. The summed E-state index contributed by atoms with van der Waals surface area (Å²) in [5.74, 6) is 0.588. The van der Waals surface area contributed by atoms with Gasteiger partial charge in [-0.2, -0.15) is 0 Å². The van der Waals surface area contributed by atoms with E-state index in [-0.39, 0.29) is 5.91 Å². The minimum Gasteiger partial charge on any atom is -0.334 e. The summed E-state index contributed by atoms with van der Waals surface area (Å²) in [5, 5.41) is 0.598. The topological polar surface area (TPSA) is 39.7 Å². The second-order valence-electron chi connectivity index (χ2n) is 9.07. The average Bonchev–Trinajstić information content (AvgIpc) is 2.80. The SMILES string of the molecule is CN1CCC(N2CCC(CN(Cc3ccncc3)C(=O)c3cccc(Cl)c3)CC2)CC1. The number of pyridine rings is 1. The molecule has 0 saturated carbocycles. The number of aromatic nitrogens is 1. The van der Waals surface area contributed by atoms with E-state index in [0.717, 1.165) is 44.1 Å². The van der Waals surface area contributed by atoms with Gasteiger partial charge in [0.25, 0.3) is 5.91 Å². The zero-order valence-electron chi connectivity index (χ0n) is 18.4. The van der Waals surface area contributed by atoms with E-state index in [0.29, 0.717) is 23.0 Å². The van der Waals surface area contributed by atoms with Crippen LogP contribution in [0, 0.1) is 5.92 Å². The van der Waals surface area contributed by atoms with Gasteiger partial charge in [-0.25, -0.2) is 0 Å². The van der Waals surface area contributed by atoms with Crippen LogP contribution in [0.4, 0.5) is 0 Å². The number of nitrogens with zero attached hydrogens (tertiary/aromatic N) is 4. The molecular formula is C25H33ClN4O. The monoisotopic (exact) mass is 440 g/mol. The van der Waals surface area contributed by atoms with Crippen molar-refractivity contribution >= 4 is 17.5 Å². The molecule has 5 nitrogen and oxygen atoms in total. The van der Waals surface area contributed by atoms with E-state index in [4.69, 9.17) is 11.6 Å². The first kappa shape index (κ1) is 22.3. The Hall–Kier alpha value is -1.95. The van der Waals surface area contributed by atoms with Gasteiger partial charge in [0.05, 0.1) is 0 Å². The lowest BCUT2D eigenvalue weighted by Gasteiger charge is -2.42. The number of piperidine rings is 2. The molecule has 0 atom stereocenters. The highest BCUT2D eigenvalue weighted by Crippen LogP contribution is 2.25. The van der Waals surface area contributed by atoms with Crippen LogP contribution >= 0.6 is 11.6 Å². The van der Waals surface area contributed by atoms with Crippen molar-refractivity contribution in [2.75, 3.05) is 39.8 Å². The third-order valence-corrected chi connectivity index (χ3v) is 7.05. The van der Waals surface area contributed by atoms with Crippen molar-refractivity contribution in [3.05, 3.63) is 64.9 Å². The predicted molar refractivity (Wildman–Crippen MR) is 125 cm³/mol. The molecule has 0 unspecified atom stereocenters. The van der Waals surface area contributed by atoms with E-state index < -0.39 is 0 Å². The van der Waals surface area contributed by atoms with E-state index in [9.17, 15) is 4.79 Å². The molecule has 2 fully saturated rings. The van der Waals surface area contributed by atoms with Crippen LogP contribution in [0.5, 0.6) is 0 Å². The molecule has 2 aliphatic rings. The molecule has 0 aliphatic carbocycles.